The lowest BCUT2D eigenvalue weighted by Crippen LogP contribution is -2.25. The van der Waals surface area contributed by atoms with E-state index in [-0.39, 0.29) is 24.3 Å². The summed E-state index contributed by atoms with van der Waals surface area (Å²) in [5.74, 6) is 0.237. The monoisotopic (exact) mass is 498 g/mol. The van der Waals surface area contributed by atoms with E-state index < -0.39 is 5.25 Å². The van der Waals surface area contributed by atoms with E-state index >= 15 is 0 Å². The number of hydrogen-bond donors (Lipinski definition) is 1. The Balaban J connectivity index is 1.36. The number of carbonyl (C=O) groups is 2. The number of anilines is 1. The number of thioether (sulfide) groups is 1. The zero-order chi connectivity index (χ0) is 25.1. The summed E-state index contributed by atoms with van der Waals surface area (Å²) in [6.07, 6.45) is 0.712. The first-order valence-electron chi connectivity index (χ1n) is 11.7. The van der Waals surface area contributed by atoms with Crippen LogP contribution in [0.5, 0.6) is 5.75 Å². The molecule has 0 unspecified atom stereocenters. The first kappa shape index (κ1) is 23.8. The molecule has 1 N–H and O–H groups in total. The lowest BCUT2D eigenvalue weighted by atomic mass is 9.98. The van der Waals surface area contributed by atoms with Crippen LogP contribution in [0.25, 0.3) is 0 Å². The Morgan fingerprint density at radius 1 is 1.06 bits per heavy atom. The minimum absolute atomic E-state index is 0.0426. The van der Waals surface area contributed by atoms with Gasteiger partial charge in [-0.15, -0.1) is 0 Å². The van der Waals surface area contributed by atoms with Gasteiger partial charge in [-0.1, -0.05) is 71.9 Å². The van der Waals surface area contributed by atoms with Crippen LogP contribution in [-0.2, 0) is 9.59 Å². The molecule has 2 amide bonds. The van der Waals surface area contributed by atoms with Crippen molar-refractivity contribution in [1.29, 1.82) is 0 Å². The maximum absolute atomic E-state index is 12.8. The molecule has 36 heavy (non-hydrogen) atoms. The molecule has 5 rings (SSSR count). The number of aryl methyl sites for hydroxylation is 1. The SMILES string of the molecule is COc1ccc([C@H]2CC(c3ccc(C)cc3)=NN2C2=NC(=O)[C@@H](CC(=O)Nc3ccccc3)S2)cc1. The number of rotatable bonds is 6. The highest BCUT2D eigenvalue weighted by Gasteiger charge is 2.39. The molecule has 3 aromatic carbocycles. The van der Waals surface area contributed by atoms with E-state index in [1.165, 1.54) is 17.3 Å². The highest BCUT2D eigenvalue weighted by molar-refractivity contribution is 8.15. The molecule has 3 aromatic rings. The normalized spacial score (nSPS) is 19.2. The van der Waals surface area contributed by atoms with Crippen molar-refractivity contribution in [2.45, 2.75) is 31.1 Å². The molecule has 0 spiro atoms. The third-order valence-electron chi connectivity index (χ3n) is 6.15. The summed E-state index contributed by atoms with van der Waals surface area (Å²) >= 11 is 1.29. The number of benzene rings is 3. The quantitative estimate of drug-likeness (QED) is 0.506. The third kappa shape index (κ3) is 5.18. The van der Waals surface area contributed by atoms with Crippen molar-refractivity contribution < 1.29 is 14.3 Å². The van der Waals surface area contributed by atoms with Crippen molar-refractivity contribution in [3.8, 4) is 5.75 Å². The second kappa shape index (κ2) is 10.4. The Labute approximate surface area is 214 Å². The van der Waals surface area contributed by atoms with E-state index in [0.29, 0.717) is 17.3 Å². The van der Waals surface area contributed by atoms with Crippen molar-refractivity contribution in [1.82, 2.24) is 5.01 Å². The van der Waals surface area contributed by atoms with Gasteiger partial charge < -0.3 is 10.1 Å². The second-order valence-electron chi connectivity index (χ2n) is 8.71. The Morgan fingerprint density at radius 3 is 2.47 bits per heavy atom. The minimum atomic E-state index is -0.584. The number of methoxy groups -OCH3 is 1. The lowest BCUT2D eigenvalue weighted by molar-refractivity contribution is -0.121. The molecule has 0 fully saturated rings. The smallest absolute Gasteiger partial charge is 0.262 e. The van der Waals surface area contributed by atoms with Gasteiger partial charge in [0, 0.05) is 18.5 Å². The topological polar surface area (TPSA) is 83.4 Å². The van der Waals surface area contributed by atoms with Crippen LogP contribution >= 0.6 is 11.8 Å². The predicted molar refractivity (Wildman–Crippen MR) is 143 cm³/mol. The molecule has 0 radical (unpaired) electrons. The number of para-hydroxylation sites is 1. The molecule has 0 bridgehead atoms. The molecule has 0 saturated heterocycles. The molecule has 8 heteroatoms. The van der Waals surface area contributed by atoms with E-state index in [1.54, 1.807) is 7.11 Å². The van der Waals surface area contributed by atoms with Gasteiger partial charge in [-0.25, -0.2) is 5.01 Å². The molecular formula is C28H26N4O3S. The molecule has 182 valence electrons. The number of ether oxygens (including phenoxy) is 1. The number of hydrazone groups is 1. The number of amidine groups is 1. The van der Waals surface area contributed by atoms with Crippen molar-refractivity contribution in [2.75, 3.05) is 12.4 Å². The van der Waals surface area contributed by atoms with Crippen LogP contribution in [0, 0.1) is 6.92 Å². The zero-order valence-electron chi connectivity index (χ0n) is 20.0. The summed E-state index contributed by atoms with van der Waals surface area (Å²) < 4.78 is 5.32. The van der Waals surface area contributed by atoms with Crippen LogP contribution in [0.1, 0.15) is 35.6 Å². The number of nitrogens with zero attached hydrogens (tertiary/aromatic N) is 3. The van der Waals surface area contributed by atoms with Gasteiger partial charge >= 0.3 is 0 Å². The summed E-state index contributed by atoms with van der Waals surface area (Å²) in [6.45, 7) is 2.05. The van der Waals surface area contributed by atoms with Gasteiger partial charge in [0.1, 0.15) is 11.0 Å². The number of nitrogens with one attached hydrogen (secondary N) is 1. The molecule has 2 heterocycles. The highest BCUT2D eigenvalue weighted by atomic mass is 32.2. The van der Waals surface area contributed by atoms with E-state index in [9.17, 15) is 9.59 Å². The maximum atomic E-state index is 12.8. The minimum Gasteiger partial charge on any atom is -0.497 e. The van der Waals surface area contributed by atoms with Crippen molar-refractivity contribution in [3.05, 3.63) is 95.6 Å². The summed E-state index contributed by atoms with van der Waals surface area (Å²) in [7, 11) is 1.64. The third-order valence-corrected chi connectivity index (χ3v) is 7.29. The van der Waals surface area contributed by atoms with Gasteiger partial charge in [0.2, 0.25) is 5.91 Å². The molecule has 0 aliphatic carbocycles. The van der Waals surface area contributed by atoms with E-state index in [1.807, 2.05) is 59.6 Å². The number of carbonyl (C=O) groups excluding carboxylic acids is 2. The second-order valence-corrected chi connectivity index (χ2v) is 9.88. The largest absolute Gasteiger partial charge is 0.497 e. The molecule has 0 aromatic heterocycles. The van der Waals surface area contributed by atoms with E-state index in [4.69, 9.17) is 9.84 Å². The Morgan fingerprint density at radius 2 is 1.78 bits per heavy atom. The van der Waals surface area contributed by atoms with Crippen molar-refractivity contribution in [3.63, 3.8) is 0 Å². The summed E-state index contributed by atoms with van der Waals surface area (Å²) in [6, 6.07) is 25.2. The van der Waals surface area contributed by atoms with Crippen LogP contribution < -0.4 is 10.1 Å². The van der Waals surface area contributed by atoms with Crippen LogP contribution in [0.2, 0.25) is 0 Å². The standard InChI is InChI=1S/C28H26N4O3S/c1-18-8-10-19(11-9-18)23-16-24(20-12-14-22(35-2)15-13-20)32(31-23)28-30-27(34)25(36-28)17-26(33)29-21-6-4-3-5-7-21/h3-15,24-25H,16-17H2,1-2H3,(H,29,33)/t24-,25-/m1/s1. The van der Waals surface area contributed by atoms with Gasteiger partial charge in [0.15, 0.2) is 5.17 Å². The van der Waals surface area contributed by atoms with Crippen LogP contribution in [0.4, 0.5) is 5.69 Å². The van der Waals surface area contributed by atoms with E-state index in [2.05, 4.69) is 41.5 Å². The fourth-order valence-corrected chi connectivity index (χ4v) is 5.26. The van der Waals surface area contributed by atoms with Gasteiger partial charge in [-0.05, 0) is 42.3 Å². The molecule has 2 aliphatic rings. The Kier molecular flexibility index (Phi) is 6.86. The number of aliphatic imine (C=N–C) groups is 1. The summed E-state index contributed by atoms with van der Waals surface area (Å²) in [4.78, 5) is 29.7. The number of amides is 2. The molecule has 7 nitrogen and oxygen atoms in total. The first-order valence-corrected chi connectivity index (χ1v) is 12.6. The number of hydrogen-bond acceptors (Lipinski definition) is 6. The molecule has 0 saturated carbocycles. The fraction of sp³-hybridized carbons (Fsp3) is 0.214. The Hall–Kier alpha value is -3.91. The first-order chi connectivity index (χ1) is 17.5. The van der Waals surface area contributed by atoms with Crippen molar-refractivity contribution in [2.24, 2.45) is 10.1 Å². The molecular weight excluding hydrogens is 472 g/mol. The van der Waals surface area contributed by atoms with Gasteiger partial charge in [0.05, 0.1) is 18.9 Å². The van der Waals surface area contributed by atoms with Crippen LogP contribution in [0.15, 0.2) is 89.0 Å². The fourth-order valence-electron chi connectivity index (χ4n) is 4.20. The molecule has 2 atom stereocenters. The predicted octanol–water partition coefficient (Wildman–Crippen LogP) is 5.18. The summed E-state index contributed by atoms with van der Waals surface area (Å²) in [5, 5.41) is 9.50. The zero-order valence-corrected chi connectivity index (χ0v) is 20.9. The lowest BCUT2D eigenvalue weighted by Gasteiger charge is -2.23. The van der Waals surface area contributed by atoms with E-state index in [0.717, 1.165) is 22.6 Å². The van der Waals surface area contributed by atoms with Crippen LogP contribution in [-0.4, -0.2) is 40.1 Å². The Bertz CT molecular complexity index is 1320. The summed E-state index contributed by atoms with van der Waals surface area (Å²) in [5.41, 5.74) is 4.89. The van der Waals surface area contributed by atoms with Gasteiger partial charge in [-0.3, -0.25) is 9.59 Å². The molecule has 2 aliphatic heterocycles. The maximum Gasteiger partial charge on any atom is 0.262 e. The van der Waals surface area contributed by atoms with Gasteiger partial charge in [0.25, 0.3) is 5.91 Å². The highest BCUT2D eigenvalue weighted by Crippen LogP contribution is 2.39. The van der Waals surface area contributed by atoms with Crippen molar-refractivity contribution >= 4 is 40.1 Å². The average molecular weight is 499 g/mol. The average Bonchev–Trinajstić information content (AvgIpc) is 3.49. The van der Waals surface area contributed by atoms with Gasteiger partial charge in [-0.2, -0.15) is 10.1 Å². The van der Waals surface area contributed by atoms with Crippen LogP contribution in [0.3, 0.4) is 0 Å².